The topological polar surface area (TPSA) is 114 Å². The SMILES string of the molecule is Cc1cn[n+]([O-])c2c1/C(=N/NC(=N)N)CC(c1ccccc1Cl)C2.Cl. The van der Waals surface area contributed by atoms with Crippen LogP contribution in [0.15, 0.2) is 35.6 Å². The highest BCUT2D eigenvalue weighted by Gasteiger charge is 2.33. The van der Waals surface area contributed by atoms with Crippen LogP contribution in [0.2, 0.25) is 5.02 Å². The molecule has 0 fully saturated rings. The number of nitrogens with one attached hydrogen (secondary N) is 2. The molecule has 1 aromatic heterocycles. The third-order valence-corrected chi connectivity index (χ3v) is 4.44. The molecule has 9 heteroatoms. The van der Waals surface area contributed by atoms with E-state index in [1.165, 1.54) is 6.20 Å². The molecular weight excluding hydrogens is 363 g/mol. The van der Waals surface area contributed by atoms with Crippen molar-refractivity contribution in [1.82, 2.24) is 10.5 Å². The van der Waals surface area contributed by atoms with Gasteiger partial charge in [0, 0.05) is 22.5 Å². The number of benzene rings is 1. The van der Waals surface area contributed by atoms with Crippen LogP contribution in [0, 0.1) is 17.5 Å². The molecule has 1 aliphatic carbocycles. The van der Waals surface area contributed by atoms with Gasteiger partial charge in [-0.3, -0.25) is 5.41 Å². The quantitative estimate of drug-likeness (QED) is 0.243. The minimum absolute atomic E-state index is 0. The van der Waals surface area contributed by atoms with Gasteiger partial charge in [0.25, 0.3) is 0 Å². The fraction of sp³-hybridized carbons (Fsp3) is 0.250. The van der Waals surface area contributed by atoms with E-state index < -0.39 is 0 Å². The third-order valence-electron chi connectivity index (χ3n) is 4.09. The van der Waals surface area contributed by atoms with E-state index in [0.29, 0.717) is 34.1 Å². The van der Waals surface area contributed by atoms with Gasteiger partial charge in [-0.15, -0.1) is 12.4 Å². The van der Waals surface area contributed by atoms with E-state index in [4.69, 9.17) is 22.7 Å². The number of hydrogen-bond acceptors (Lipinski definition) is 4. The summed E-state index contributed by atoms with van der Waals surface area (Å²) in [5.41, 5.74) is 11.6. The number of halogens is 2. The van der Waals surface area contributed by atoms with Crippen molar-refractivity contribution in [2.24, 2.45) is 10.8 Å². The average Bonchev–Trinajstić information content (AvgIpc) is 2.56. The van der Waals surface area contributed by atoms with Crippen LogP contribution in [0.1, 0.15) is 34.7 Å². The number of hydrogen-bond donors (Lipinski definition) is 3. The summed E-state index contributed by atoms with van der Waals surface area (Å²) in [5.74, 6) is -0.256. The molecule has 0 saturated heterocycles. The highest BCUT2D eigenvalue weighted by atomic mass is 35.5. The maximum absolute atomic E-state index is 12.2. The van der Waals surface area contributed by atoms with Crippen LogP contribution in [0.4, 0.5) is 0 Å². The van der Waals surface area contributed by atoms with Gasteiger partial charge in [-0.1, -0.05) is 34.6 Å². The van der Waals surface area contributed by atoms with E-state index in [1.807, 2.05) is 31.2 Å². The largest absolute Gasteiger partial charge is 0.594 e. The van der Waals surface area contributed by atoms with E-state index in [0.717, 1.165) is 16.7 Å². The molecule has 3 rings (SSSR count). The van der Waals surface area contributed by atoms with Crippen LogP contribution in [-0.2, 0) is 6.42 Å². The first-order chi connectivity index (χ1) is 11.5. The molecule has 7 nitrogen and oxygen atoms in total. The lowest BCUT2D eigenvalue weighted by molar-refractivity contribution is -0.677. The summed E-state index contributed by atoms with van der Waals surface area (Å²) >= 11 is 6.32. The number of fused-ring (bicyclic) bond motifs is 1. The first-order valence-corrected chi connectivity index (χ1v) is 7.85. The van der Waals surface area contributed by atoms with Gasteiger partial charge in [-0.25, -0.2) is 5.43 Å². The van der Waals surface area contributed by atoms with Crippen molar-refractivity contribution >= 4 is 35.7 Å². The molecule has 1 aliphatic rings. The van der Waals surface area contributed by atoms with Crippen LogP contribution in [-0.4, -0.2) is 16.8 Å². The Morgan fingerprint density at radius 2 is 2.16 bits per heavy atom. The van der Waals surface area contributed by atoms with Crippen molar-refractivity contribution in [2.45, 2.75) is 25.7 Å². The van der Waals surface area contributed by atoms with E-state index in [9.17, 15) is 5.21 Å². The standard InChI is InChI=1S/C16H17ClN6O.ClH/c1-9-8-20-23(24)14-7-10(11-4-2-3-5-12(11)17)6-13(15(9)14)21-22-16(18)19;/h2-5,8,10H,6-7H2,1H3,(H4,18,19,22);1H/b21-13+;. The Kier molecular flexibility index (Phi) is 5.81. The summed E-state index contributed by atoms with van der Waals surface area (Å²) in [6, 6.07) is 7.57. The molecule has 1 atom stereocenters. The summed E-state index contributed by atoms with van der Waals surface area (Å²) in [5, 5.41) is 28.2. The number of nitrogens with two attached hydrogens (primary N) is 1. The summed E-state index contributed by atoms with van der Waals surface area (Å²) in [7, 11) is 0. The molecule has 4 N–H and O–H groups in total. The van der Waals surface area contributed by atoms with Crippen molar-refractivity contribution in [3.63, 3.8) is 0 Å². The number of aryl methyl sites for hydroxylation is 1. The summed E-state index contributed by atoms with van der Waals surface area (Å²) < 4.78 is 0. The highest BCUT2D eigenvalue weighted by Crippen LogP contribution is 2.35. The lowest BCUT2D eigenvalue weighted by atomic mass is 9.80. The van der Waals surface area contributed by atoms with Crippen molar-refractivity contribution < 1.29 is 4.85 Å². The van der Waals surface area contributed by atoms with Crippen LogP contribution in [0.5, 0.6) is 0 Å². The van der Waals surface area contributed by atoms with Gasteiger partial charge in [-0.05, 0) is 30.5 Å². The number of aromatic nitrogens is 2. The van der Waals surface area contributed by atoms with Crippen molar-refractivity contribution in [3.8, 4) is 0 Å². The van der Waals surface area contributed by atoms with Crippen LogP contribution in [0.3, 0.4) is 0 Å². The molecule has 0 radical (unpaired) electrons. The Balaban J connectivity index is 0.00000225. The van der Waals surface area contributed by atoms with Gasteiger partial charge in [-0.2, -0.15) is 5.10 Å². The monoisotopic (exact) mass is 380 g/mol. The second-order valence-electron chi connectivity index (χ2n) is 5.73. The average molecular weight is 381 g/mol. The smallest absolute Gasteiger partial charge is 0.231 e. The molecule has 1 aromatic carbocycles. The van der Waals surface area contributed by atoms with E-state index >= 15 is 0 Å². The van der Waals surface area contributed by atoms with Crippen molar-refractivity contribution in [3.05, 3.63) is 63.1 Å². The van der Waals surface area contributed by atoms with Crippen molar-refractivity contribution in [1.29, 1.82) is 5.41 Å². The molecule has 2 aromatic rings. The number of hydrazone groups is 1. The van der Waals surface area contributed by atoms with Crippen LogP contribution >= 0.6 is 24.0 Å². The molecule has 132 valence electrons. The molecule has 1 heterocycles. The second-order valence-corrected chi connectivity index (χ2v) is 6.14. The van der Waals surface area contributed by atoms with Gasteiger partial charge in [0.2, 0.25) is 11.7 Å². The van der Waals surface area contributed by atoms with Crippen LogP contribution in [0.25, 0.3) is 0 Å². The zero-order valence-corrected chi connectivity index (χ0v) is 15.1. The first kappa shape index (κ1) is 19.0. The van der Waals surface area contributed by atoms with Gasteiger partial charge in [0.15, 0.2) is 0 Å². The number of guanidine groups is 1. The van der Waals surface area contributed by atoms with E-state index in [-0.39, 0.29) is 24.3 Å². The fourth-order valence-electron chi connectivity index (χ4n) is 3.07. The van der Waals surface area contributed by atoms with Gasteiger partial charge in [0.1, 0.15) is 0 Å². The zero-order valence-electron chi connectivity index (χ0n) is 13.5. The zero-order chi connectivity index (χ0) is 17.3. The maximum atomic E-state index is 12.2. The molecule has 0 spiro atoms. The molecule has 0 saturated carbocycles. The Bertz CT molecular complexity index is 839. The lowest BCUT2D eigenvalue weighted by Gasteiger charge is -2.25. The Hall–Kier alpha value is -2.38. The predicted molar refractivity (Wildman–Crippen MR) is 99.3 cm³/mol. The highest BCUT2D eigenvalue weighted by molar-refractivity contribution is 6.31. The maximum Gasteiger partial charge on any atom is 0.231 e. The van der Waals surface area contributed by atoms with Gasteiger partial charge < -0.3 is 10.9 Å². The lowest BCUT2D eigenvalue weighted by Crippen LogP contribution is -2.42. The van der Waals surface area contributed by atoms with Gasteiger partial charge in [0.05, 0.1) is 17.5 Å². The van der Waals surface area contributed by atoms with Gasteiger partial charge >= 0.3 is 0 Å². The summed E-state index contributed by atoms with van der Waals surface area (Å²) in [6.45, 7) is 1.88. The molecule has 0 aliphatic heterocycles. The Morgan fingerprint density at radius 3 is 2.84 bits per heavy atom. The molecule has 0 bridgehead atoms. The molecular formula is C16H18Cl2N6O. The summed E-state index contributed by atoms with van der Waals surface area (Å²) in [4.78, 5) is 0.634. The second kappa shape index (κ2) is 7.67. The third kappa shape index (κ3) is 3.83. The minimum Gasteiger partial charge on any atom is -0.594 e. The first-order valence-electron chi connectivity index (χ1n) is 7.47. The summed E-state index contributed by atoms with van der Waals surface area (Å²) in [6.07, 6.45) is 2.63. The molecule has 0 amide bonds. The predicted octanol–water partition coefficient (Wildman–Crippen LogP) is 2.02. The van der Waals surface area contributed by atoms with Crippen molar-refractivity contribution in [2.75, 3.05) is 0 Å². The minimum atomic E-state index is -0.259. The van der Waals surface area contributed by atoms with E-state index in [2.05, 4.69) is 15.6 Å². The normalized spacial score (nSPS) is 17.5. The fourth-order valence-corrected chi connectivity index (χ4v) is 3.36. The number of rotatable bonds is 2. The molecule has 25 heavy (non-hydrogen) atoms. The Morgan fingerprint density at radius 1 is 1.44 bits per heavy atom. The van der Waals surface area contributed by atoms with E-state index in [1.54, 1.807) is 0 Å². The molecule has 1 unspecified atom stereocenters. The Labute approximate surface area is 156 Å². The van der Waals surface area contributed by atoms with Crippen LogP contribution < -0.4 is 16.0 Å². The number of nitrogens with zero attached hydrogens (tertiary/aromatic N) is 3.